The zero-order valence-corrected chi connectivity index (χ0v) is 18.4. The van der Waals surface area contributed by atoms with E-state index in [2.05, 4.69) is 6.08 Å². The third-order valence-electron chi connectivity index (χ3n) is 4.93. The smallest absolute Gasteiger partial charge is 0.169 e. The lowest BCUT2D eigenvalue weighted by atomic mass is 9.90. The second-order valence-corrected chi connectivity index (χ2v) is 9.57. The Morgan fingerprint density at radius 2 is 1.93 bits per heavy atom. The maximum Gasteiger partial charge on any atom is 0.169 e. The Morgan fingerprint density at radius 1 is 1.21 bits per heavy atom. The van der Waals surface area contributed by atoms with E-state index in [-0.39, 0.29) is 23.0 Å². The van der Waals surface area contributed by atoms with Gasteiger partial charge in [-0.1, -0.05) is 41.4 Å². The van der Waals surface area contributed by atoms with Crippen LogP contribution in [0.15, 0.2) is 42.5 Å². The van der Waals surface area contributed by atoms with Crippen LogP contribution in [0.25, 0.3) is 12.2 Å². The van der Waals surface area contributed by atoms with E-state index >= 15 is 0 Å². The number of halogens is 3. The van der Waals surface area contributed by atoms with Crippen molar-refractivity contribution in [3.05, 3.63) is 67.8 Å². The van der Waals surface area contributed by atoms with Gasteiger partial charge in [0.2, 0.25) is 0 Å². The van der Waals surface area contributed by atoms with Crippen LogP contribution in [-0.4, -0.2) is 22.4 Å². The number of allylic oxidation sites excluding steroid dienone is 1. The second kappa shape index (κ2) is 9.60. The van der Waals surface area contributed by atoms with Crippen molar-refractivity contribution in [1.29, 1.82) is 0 Å². The fourth-order valence-corrected chi connectivity index (χ4v) is 5.36. The minimum absolute atomic E-state index is 0.0407. The number of aliphatic hydroxyl groups is 1. The van der Waals surface area contributed by atoms with Gasteiger partial charge in [-0.15, -0.1) is 22.9 Å². The van der Waals surface area contributed by atoms with E-state index in [0.717, 1.165) is 21.7 Å². The number of rotatable bonds is 6. The molecule has 1 aromatic carbocycles. The summed E-state index contributed by atoms with van der Waals surface area (Å²) in [5.41, 5.74) is 0.896. The Hall–Kier alpha value is -1.10. The Bertz CT molecular complexity index is 883. The molecule has 148 valence electrons. The van der Waals surface area contributed by atoms with Gasteiger partial charge in [0, 0.05) is 26.2 Å². The molecule has 1 heterocycles. The molecule has 28 heavy (non-hydrogen) atoms. The van der Waals surface area contributed by atoms with Crippen molar-refractivity contribution >= 4 is 64.1 Å². The van der Waals surface area contributed by atoms with Crippen molar-refractivity contribution in [1.82, 2.24) is 0 Å². The summed E-state index contributed by atoms with van der Waals surface area (Å²) >= 11 is 20.1. The molecule has 1 fully saturated rings. The third-order valence-corrected chi connectivity index (χ3v) is 7.02. The molecular formula is C22H21Cl3O2S. The van der Waals surface area contributed by atoms with E-state index in [0.29, 0.717) is 16.5 Å². The monoisotopic (exact) mass is 454 g/mol. The van der Waals surface area contributed by atoms with Crippen molar-refractivity contribution < 1.29 is 9.90 Å². The summed E-state index contributed by atoms with van der Waals surface area (Å²) in [7, 11) is 0. The van der Waals surface area contributed by atoms with Crippen LogP contribution in [0.1, 0.15) is 39.9 Å². The van der Waals surface area contributed by atoms with Crippen molar-refractivity contribution in [2.24, 2.45) is 11.8 Å². The zero-order valence-electron chi connectivity index (χ0n) is 15.3. The first-order valence-electron chi connectivity index (χ1n) is 9.07. The van der Waals surface area contributed by atoms with Crippen molar-refractivity contribution in [2.45, 2.75) is 31.2 Å². The van der Waals surface area contributed by atoms with Crippen LogP contribution in [0.3, 0.4) is 0 Å². The summed E-state index contributed by atoms with van der Waals surface area (Å²) in [6.07, 6.45) is 8.89. The predicted molar refractivity (Wildman–Crippen MR) is 121 cm³/mol. The molecule has 0 aliphatic heterocycles. The van der Waals surface area contributed by atoms with Gasteiger partial charge < -0.3 is 5.11 Å². The fraction of sp³-hybridized carbons (Fsp3) is 0.318. The fourth-order valence-electron chi connectivity index (χ4n) is 3.53. The van der Waals surface area contributed by atoms with E-state index in [4.69, 9.17) is 34.8 Å². The van der Waals surface area contributed by atoms with E-state index in [9.17, 15) is 9.90 Å². The van der Waals surface area contributed by atoms with Crippen molar-refractivity contribution in [3.8, 4) is 0 Å². The molecule has 6 heteroatoms. The number of thiophene rings is 1. The summed E-state index contributed by atoms with van der Waals surface area (Å²) in [5, 5.41) is 11.5. The Kier molecular flexibility index (Phi) is 7.41. The highest BCUT2D eigenvalue weighted by molar-refractivity contribution is 7.14. The standard InChI is InChI=1S/C22H21Cl3O2S/c1-13(26)22-8-6-17(28-22)3-2-4-18-19(21(27)12-20(18)25)7-5-14-9-15(23)11-16(24)10-14/h2-3,5-11,18-21,27H,4,12H2,1H3/b3-2+,7-5+/t18-,19-,20-,21-/m1/s1. The van der Waals surface area contributed by atoms with Gasteiger partial charge in [0.05, 0.1) is 11.0 Å². The molecule has 0 unspecified atom stereocenters. The topological polar surface area (TPSA) is 37.3 Å². The minimum Gasteiger partial charge on any atom is -0.392 e. The number of Topliss-reactive ketones (excluding diaryl/α,β-unsaturated/α-hetero) is 1. The van der Waals surface area contributed by atoms with Crippen LogP contribution in [0, 0.1) is 11.8 Å². The van der Waals surface area contributed by atoms with Gasteiger partial charge in [-0.2, -0.15) is 0 Å². The molecule has 2 aromatic rings. The number of hydrogen-bond donors (Lipinski definition) is 1. The number of carbonyl (C=O) groups is 1. The molecule has 0 radical (unpaired) electrons. The molecule has 0 bridgehead atoms. The average Bonchev–Trinajstić information content (AvgIpc) is 3.18. The van der Waals surface area contributed by atoms with Gasteiger partial charge in [-0.05, 0) is 67.7 Å². The van der Waals surface area contributed by atoms with E-state index in [1.165, 1.54) is 11.3 Å². The van der Waals surface area contributed by atoms with Gasteiger partial charge in [0.25, 0.3) is 0 Å². The molecule has 0 spiro atoms. The SMILES string of the molecule is CC(=O)c1ccc(/C=C/C[C@@H]2[C@@H](/C=C/c3cc(Cl)cc(Cl)c3)[C@H](O)C[C@H]2Cl)s1. The molecule has 1 aromatic heterocycles. The van der Waals surface area contributed by atoms with Crippen LogP contribution in [-0.2, 0) is 0 Å². The summed E-state index contributed by atoms with van der Waals surface area (Å²) in [5.74, 6) is 0.169. The first-order chi connectivity index (χ1) is 13.3. The van der Waals surface area contributed by atoms with E-state index in [1.807, 2.05) is 42.5 Å². The minimum atomic E-state index is -0.474. The Balaban J connectivity index is 1.70. The first kappa shape index (κ1) is 21.6. The average molecular weight is 456 g/mol. The molecule has 3 rings (SSSR count). The van der Waals surface area contributed by atoms with Crippen LogP contribution in [0.5, 0.6) is 0 Å². The molecule has 0 amide bonds. The second-order valence-electron chi connectivity index (χ2n) is 7.02. The molecule has 1 N–H and O–H groups in total. The number of benzene rings is 1. The van der Waals surface area contributed by atoms with Crippen LogP contribution >= 0.6 is 46.1 Å². The molecule has 1 aliphatic carbocycles. The lowest BCUT2D eigenvalue weighted by Gasteiger charge is -2.19. The maximum atomic E-state index is 11.4. The molecule has 2 nitrogen and oxygen atoms in total. The maximum absolute atomic E-state index is 11.4. The van der Waals surface area contributed by atoms with Crippen LogP contribution < -0.4 is 0 Å². The van der Waals surface area contributed by atoms with E-state index in [1.54, 1.807) is 13.0 Å². The van der Waals surface area contributed by atoms with Crippen molar-refractivity contribution in [2.75, 3.05) is 0 Å². The summed E-state index contributed by atoms with van der Waals surface area (Å²) in [4.78, 5) is 13.2. The quantitative estimate of drug-likeness (QED) is 0.377. The highest BCUT2D eigenvalue weighted by Crippen LogP contribution is 2.40. The highest BCUT2D eigenvalue weighted by Gasteiger charge is 2.39. The van der Waals surface area contributed by atoms with Crippen LogP contribution in [0.2, 0.25) is 10.0 Å². The third kappa shape index (κ3) is 5.49. The first-order valence-corrected chi connectivity index (χ1v) is 11.1. The lowest BCUT2D eigenvalue weighted by Crippen LogP contribution is -2.18. The van der Waals surface area contributed by atoms with Crippen LogP contribution in [0.4, 0.5) is 0 Å². The molecule has 1 saturated carbocycles. The zero-order chi connectivity index (χ0) is 20.3. The molecule has 0 saturated heterocycles. The molecule has 4 atom stereocenters. The number of carbonyl (C=O) groups excluding carboxylic acids is 1. The van der Waals surface area contributed by atoms with Gasteiger partial charge in [-0.25, -0.2) is 0 Å². The van der Waals surface area contributed by atoms with Gasteiger partial charge in [0.1, 0.15) is 0 Å². The van der Waals surface area contributed by atoms with E-state index < -0.39 is 6.10 Å². The molecule has 1 aliphatic rings. The number of alkyl halides is 1. The van der Waals surface area contributed by atoms with Gasteiger partial charge >= 0.3 is 0 Å². The normalized spacial score (nSPS) is 25.2. The number of hydrogen-bond acceptors (Lipinski definition) is 3. The summed E-state index contributed by atoms with van der Waals surface area (Å²) < 4.78 is 0. The highest BCUT2D eigenvalue weighted by atomic mass is 35.5. The Morgan fingerprint density at radius 3 is 2.57 bits per heavy atom. The number of aliphatic hydroxyl groups excluding tert-OH is 1. The Labute approximate surface area is 184 Å². The predicted octanol–water partition coefficient (Wildman–Crippen LogP) is 6.98. The lowest BCUT2D eigenvalue weighted by molar-refractivity contribution is 0.102. The summed E-state index contributed by atoms with van der Waals surface area (Å²) in [6, 6.07) is 9.15. The number of ketones is 1. The summed E-state index contributed by atoms with van der Waals surface area (Å²) in [6.45, 7) is 1.57. The largest absolute Gasteiger partial charge is 0.392 e. The molecular weight excluding hydrogens is 435 g/mol. The van der Waals surface area contributed by atoms with Gasteiger partial charge in [0.15, 0.2) is 5.78 Å². The van der Waals surface area contributed by atoms with Crippen molar-refractivity contribution in [3.63, 3.8) is 0 Å². The van der Waals surface area contributed by atoms with Gasteiger partial charge in [-0.3, -0.25) is 4.79 Å².